The molecule has 0 aromatic heterocycles. The summed E-state index contributed by atoms with van der Waals surface area (Å²) in [5.41, 5.74) is 3.53. The van der Waals surface area contributed by atoms with Gasteiger partial charge in [-0.05, 0) is 56.4 Å². The number of fused-ring (bicyclic) bond motifs is 1. The first-order valence-corrected chi connectivity index (χ1v) is 16.7. The van der Waals surface area contributed by atoms with E-state index in [4.69, 9.17) is 0 Å². The number of aliphatic hydroxyl groups excluding tert-OH is 1. The lowest BCUT2D eigenvalue weighted by atomic mass is 9.70. The monoisotopic (exact) mass is 665 g/mol. The zero-order chi connectivity index (χ0) is 30.9. The molecule has 3 amide bonds. The SMILES string of the molecule is C=CCN(C(=O)[C@H]1[C@@H]2SC3(CC2Br)C(C(=O)N(CC=C)c2c(C)cccc2C)N(CCCCO)C(=O)[C@H]13)c1ccccc1. The number of rotatable bonds is 12. The molecule has 2 aromatic carbocycles. The number of hydrogen-bond acceptors (Lipinski definition) is 5. The first-order valence-electron chi connectivity index (χ1n) is 14.9. The molecule has 0 radical (unpaired) electrons. The predicted octanol–water partition coefficient (Wildman–Crippen LogP) is 5.28. The molecule has 2 bridgehead atoms. The number of para-hydroxylation sites is 2. The van der Waals surface area contributed by atoms with Gasteiger partial charge in [0.15, 0.2) is 0 Å². The van der Waals surface area contributed by atoms with Crippen molar-refractivity contribution in [1.29, 1.82) is 0 Å². The van der Waals surface area contributed by atoms with Crippen molar-refractivity contribution in [2.75, 3.05) is 36.0 Å². The number of alkyl halides is 1. The average molecular weight is 667 g/mol. The summed E-state index contributed by atoms with van der Waals surface area (Å²) >= 11 is 5.52. The van der Waals surface area contributed by atoms with E-state index in [1.165, 1.54) is 0 Å². The summed E-state index contributed by atoms with van der Waals surface area (Å²) in [6, 6.07) is 14.7. The van der Waals surface area contributed by atoms with Gasteiger partial charge in [0.05, 0.1) is 16.6 Å². The van der Waals surface area contributed by atoms with Gasteiger partial charge in [-0.2, -0.15) is 0 Å². The van der Waals surface area contributed by atoms with Gasteiger partial charge in [0, 0.05) is 47.7 Å². The molecule has 1 spiro atoms. The number of carbonyl (C=O) groups excluding carboxylic acids is 3. The molecule has 2 aromatic rings. The Kier molecular flexibility index (Phi) is 9.54. The van der Waals surface area contributed by atoms with Crippen LogP contribution in [-0.2, 0) is 14.4 Å². The summed E-state index contributed by atoms with van der Waals surface area (Å²) in [6.45, 7) is 12.8. The predicted molar refractivity (Wildman–Crippen MR) is 178 cm³/mol. The number of benzene rings is 2. The van der Waals surface area contributed by atoms with Crippen molar-refractivity contribution >= 4 is 56.8 Å². The van der Waals surface area contributed by atoms with E-state index in [2.05, 4.69) is 29.1 Å². The molecule has 3 unspecified atom stereocenters. The highest BCUT2D eigenvalue weighted by atomic mass is 79.9. The van der Waals surface area contributed by atoms with Gasteiger partial charge in [-0.25, -0.2) is 0 Å². The molecule has 0 aliphatic carbocycles. The van der Waals surface area contributed by atoms with Gasteiger partial charge in [-0.3, -0.25) is 14.4 Å². The molecule has 0 saturated carbocycles. The van der Waals surface area contributed by atoms with Gasteiger partial charge < -0.3 is 19.8 Å². The average Bonchev–Trinajstić information content (AvgIpc) is 3.58. The van der Waals surface area contributed by atoms with E-state index in [9.17, 15) is 19.5 Å². The smallest absolute Gasteiger partial charge is 0.251 e. The van der Waals surface area contributed by atoms with Gasteiger partial charge in [-0.15, -0.1) is 24.9 Å². The minimum Gasteiger partial charge on any atom is -0.396 e. The Labute approximate surface area is 267 Å². The van der Waals surface area contributed by atoms with Crippen molar-refractivity contribution < 1.29 is 19.5 Å². The second-order valence-electron chi connectivity index (χ2n) is 11.7. The molecular weight excluding hydrogens is 626 g/mol. The number of likely N-dealkylation sites (tertiary alicyclic amines) is 1. The normalized spacial score (nSPS) is 27.2. The molecule has 3 heterocycles. The van der Waals surface area contributed by atoms with Crippen molar-refractivity contribution in [3.05, 3.63) is 85.0 Å². The van der Waals surface area contributed by atoms with Crippen LogP contribution in [0.5, 0.6) is 0 Å². The van der Waals surface area contributed by atoms with Crippen LogP contribution in [0.1, 0.15) is 30.4 Å². The van der Waals surface area contributed by atoms with Crippen molar-refractivity contribution in [3.63, 3.8) is 0 Å². The summed E-state index contributed by atoms with van der Waals surface area (Å²) in [4.78, 5) is 49.1. The lowest BCUT2D eigenvalue weighted by Gasteiger charge is -2.39. The van der Waals surface area contributed by atoms with Crippen LogP contribution in [0.25, 0.3) is 0 Å². The van der Waals surface area contributed by atoms with Gasteiger partial charge in [0.25, 0.3) is 5.91 Å². The van der Waals surface area contributed by atoms with E-state index in [1.54, 1.807) is 38.6 Å². The lowest BCUT2D eigenvalue weighted by Crippen LogP contribution is -2.56. The van der Waals surface area contributed by atoms with E-state index in [0.29, 0.717) is 38.9 Å². The topological polar surface area (TPSA) is 81.2 Å². The van der Waals surface area contributed by atoms with Crippen molar-refractivity contribution in [3.8, 4) is 0 Å². The molecule has 228 valence electrons. The number of hydrogen-bond donors (Lipinski definition) is 1. The molecule has 3 aliphatic rings. The number of nitrogens with zero attached hydrogens (tertiary/aromatic N) is 3. The number of unbranched alkanes of at least 4 members (excludes halogenated alkanes) is 1. The fourth-order valence-corrected chi connectivity index (χ4v) is 11.0. The van der Waals surface area contributed by atoms with Crippen LogP contribution in [0.2, 0.25) is 0 Å². The lowest BCUT2D eigenvalue weighted by molar-refractivity contribution is -0.139. The fraction of sp³-hybridized carbons (Fsp3) is 0.441. The summed E-state index contributed by atoms with van der Waals surface area (Å²) in [7, 11) is 0. The highest BCUT2D eigenvalue weighted by Gasteiger charge is 2.76. The molecule has 3 saturated heterocycles. The van der Waals surface area contributed by atoms with Crippen molar-refractivity contribution in [2.24, 2.45) is 11.8 Å². The highest BCUT2D eigenvalue weighted by molar-refractivity contribution is 9.09. The Morgan fingerprint density at radius 3 is 2.30 bits per heavy atom. The van der Waals surface area contributed by atoms with Crippen LogP contribution in [0.4, 0.5) is 11.4 Å². The maximum atomic E-state index is 14.9. The zero-order valence-electron chi connectivity index (χ0n) is 24.8. The van der Waals surface area contributed by atoms with E-state index in [0.717, 1.165) is 22.5 Å². The van der Waals surface area contributed by atoms with E-state index >= 15 is 0 Å². The maximum Gasteiger partial charge on any atom is 0.251 e. The summed E-state index contributed by atoms with van der Waals surface area (Å²) < 4.78 is -0.765. The Morgan fingerprint density at radius 1 is 1.02 bits per heavy atom. The van der Waals surface area contributed by atoms with Gasteiger partial charge in [0.1, 0.15) is 6.04 Å². The third-order valence-corrected chi connectivity index (χ3v) is 12.3. The first-order chi connectivity index (χ1) is 20.7. The first kappa shape index (κ1) is 31.5. The fourth-order valence-electron chi connectivity index (χ4n) is 7.36. The number of amides is 3. The molecule has 3 fully saturated rings. The number of thioether (sulfide) groups is 1. The summed E-state index contributed by atoms with van der Waals surface area (Å²) in [5, 5.41) is 9.37. The number of aliphatic hydroxyl groups is 1. The molecule has 5 rings (SSSR count). The zero-order valence-corrected chi connectivity index (χ0v) is 27.2. The number of carbonyl (C=O) groups is 3. The summed E-state index contributed by atoms with van der Waals surface area (Å²) in [6.07, 6.45) is 5.12. The largest absolute Gasteiger partial charge is 0.396 e. The highest BCUT2D eigenvalue weighted by Crippen LogP contribution is 2.68. The maximum absolute atomic E-state index is 14.9. The van der Waals surface area contributed by atoms with Crippen LogP contribution in [0, 0.1) is 25.7 Å². The minimum absolute atomic E-state index is 0.00913. The number of anilines is 2. The molecule has 6 atom stereocenters. The Balaban J connectivity index is 1.60. The minimum atomic E-state index is -0.765. The van der Waals surface area contributed by atoms with E-state index < -0.39 is 22.6 Å². The van der Waals surface area contributed by atoms with Crippen LogP contribution < -0.4 is 9.80 Å². The van der Waals surface area contributed by atoms with Gasteiger partial charge >= 0.3 is 0 Å². The van der Waals surface area contributed by atoms with Crippen LogP contribution in [-0.4, -0.2) is 74.8 Å². The van der Waals surface area contributed by atoms with E-state index in [-0.39, 0.29) is 34.4 Å². The molecule has 7 nitrogen and oxygen atoms in total. The third-order valence-electron chi connectivity index (χ3n) is 9.05. The standard InChI is InChI=1S/C34H40BrN3O4S/c1-5-17-36(24-15-8-7-9-16-24)31(40)26-27-32(41)38(19-10-11-20-39)30(34(27)21-25(35)29(26)43-34)33(42)37(18-6-2)28-22(3)13-12-14-23(28)4/h5-9,12-16,25-27,29-30,39H,1-2,10-11,17-21H2,3-4H3/t25?,26-,27+,29-,30?,34?/m1/s1. The Bertz CT molecular complexity index is 1380. The molecule has 3 aliphatic heterocycles. The second-order valence-corrected chi connectivity index (χ2v) is 14.4. The van der Waals surface area contributed by atoms with Gasteiger partial charge in [-0.1, -0.05) is 64.5 Å². The van der Waals surface area contributed by atoms with Crippen molar-refractivity contribution in [2.45, 2.75) is 54.0 Å². The molecule has 1 N–H and O–H groups in total. The van der Waals surface area contributed by atoms with Crippen LogP contribution in [0.15, 0.2) is 73.8 Å². The van der Waals surface area contributed by atoms with Crippen LogP contribution >= 0.6 is 27.7 Å². The Hall–Kier alpha value is -2.88. The van der Waals surface area contributed by atoms with E-state index in [1.807, 2.05) is 62.4 Å². The van der Waals surface area contributed by atoms with Gasteiger partial charge in [0.2, 0.25) is 11.8 Å². The molecule has 43 heavy (non-hydrogen) atoms. The van der Waals surface area contributed by atoms with Crippen LogP contribution in [0.3, 0.4) is 0 Å². The number of aryl methyl sites for hydroxylation is 2. The Morgan fingerprint density at radius 2 is 1.67 bits per heavy atom. The molecule has 9 heteroatoms. The van der Waals surface area contributed by atoms with Crippen molar-refractivity contribution in [1.82, 2.24) is 4.90 Å². The third kappa shape index (κ3) is 5.38. The quantitative estimate of drug-likeness (QED) is 0.190. The molecular formula is C34H40BrN3O4S. The summed E-state index contributed by atoms with van der Waals surface area (Å²) in [5.74, 6) is -1.64. The second kappa shape index (κ2) is 13.0. The number of halogens is 1.